The fraction of sp³-hybridized carbons (Fsp3) is 0.364. The summed E-state index contributed by atoms with van der Waals surface area (Å²) in [4.78, 5) is 4.31. The Labute approximate surface area is 89.6 Å². The molecule has 2 rings (SSSR count). The van der Waals surface area contributed by atoms with Crippen LogP contribution in [0.25, 0.3) is 0 Å². The van der Waals surface area contributed by atoms with Crippen LogP contribution in [-0.4, -0.2) is 12.8 Å². The van der Waals surface area contributed by atoms with Gasteiger partial charge in [-0.3, -0.25) is 10.4 Å². The first kappa shape index (κ1) is 9.83. The van der Waals surface area contributed by atoms with Crippen LogP contribution in [0.1, 0.15) is 12.8 Å². The van der Waals surface area contributed by atoms with Gasteiger partial charge in [-0.25, -0.2) is 0 Å². The van der Waals surface area contributed by atoms with Gasteiger partial charge in [0.25, 0.3) is 0 Å². The highest BCUT2D eigenvalue weighted by atomic mass is 15.4. The van der Waals surface area contributed by atoms with Gasteiger partial charge in [-0.2, -0.15) is 0 Å². The number of hydrogen-bond acceptors (Lipinski definition) is 4. The smallest absolute Gasteiger partial charge is 0.0869 e. The van der Waals surface area contributed by atoms with Gasteiger partial charge in [0.1, 0.15) is 0 Å². The van der Waals surface area contributed by atoms with E-state index in [0.717, 1.165) is 17.0 Å². The van der Waals surface area contributed by atoms with E-state index in [9.17, 15) is 0 Å². The SMILES string of the molecule is CN=C(C1=CC=CNN1)C(=CN)C1CC1. The van der Waals surface area contributed by atoms with E-state index in [0.29, 0.717) is 5.92 Å². The third-order valence-corrected chi connectivity index (χ3v) is 2.60. The molecule has 0 radical (unpaired) electrons. The van der Waals surface area contributed by atoms with Gasteiger partial charge < -0.3 is 11.2 Å². The van der Waals surface area contributed by atoms with Crippen LogP contribution in [0.15, 0.2) is 40.8 Å². The Balaban J connectivity index is 2.23. The Bertz CT molecular complexity index is 355. The van der Waals surface area contributed by atoms with E-state index >= 15 is 0 Å². The number of hydrazine groups is 1. The highest BCUT2D eigenvalue weighted by molar-refractivity contribution is 6.12. The minimum Gasteiger partial charge on any atom is -0.404 e. The summed E-state index contributed by atoms with van der Waals surface area (Å²) in [6.07, 6.45) is 9.89. The number of allylic oxidation sites excluding steroid dienone is 3. The van der Waals surface area contributed by atoms with Gasteiger partial charge in [-0.15, -0.1) is 0 Å². The molecule has 4 nitrogen and oxygen atoms in total. The van der Waals surface area contributed by atoms with Crippen LogP contribution in [0, 0.1) is 5.92 Å². The number of nitrogens with one attached hydrogen (secondary N) is 2. The van der Waals surface area contributed by atoms with Crippen molar-refractivity contribution < 1.29 is 0 Å². The van der Waals surface area contributed by atoms with E-state index in [1.807, 2.05) is 18.4 Å². The maximum Gasteiger partial charge on any atom is 0.0869 e. The fourth-order valence-electron chi connectivity index (χ4n) is 1.70. The van der Waals surface area contributed by atoms with E-state index in [4.69, 9.17) is 5.73 Å². The molecule has 0 aromatic heterocycles. The average molecular weight is 204 g/mol. The molecule has 1 fully saturated rings. The van der Waals surface area contributed by atoms with Crippen LogP contribution in [0.5, 0.6) is 0 Å². The van der Waals surface area contributed by atoms with Crippen molar-refractivity contribution in [3.8, 4) is 0 Å². The minimum atomic E-state index is 0.599. The van der Waals surface area contributed by atoms with Crippen LogP contribution in [0.2, 0.25) is 0 Å². The molecule has 0 aromatic carbocycles. The molecule has 2 aliphatic rings. The summed E-state index contributed by atoms with van der Waals surface area (Å²) in [7, 11) is 1.79. The van der Waals surface area contributed by atoms with Crippen molar-refractivity contribution in [2.24, 2.45) is 16.6 Å². The zero-order chi connectivity index (χ0) is 10.7. The molecule has 0 unspecified atom stereocenters. The summed E-state index contributed by atoms with van der Waals surface area (Å²) < 4.78 is 0. The number of rotatable bonds is 3. The summed E-state index contributed by atoms with van der Waals surface area (Å²) >= 11 is 0. The second-order valence-electron chi connectivity index (χ2n) is 3.68. The molecule has 1 aliphatic carbocycles. The molecule has 15 heavy (non-hydrogen) atoms. The lowest BCUT2D eigenvalue weighted by Crippen LogP contribution is -2.33. The van der Waals surface area contributed by atoms with Gasteiger partial charge in [0.05, 0.1) is 11.4 Å². The zero-order valence-electron chi connectivity index (χ0n) is 8.83. The van der Waals surface area contributed by atoms with Crippen molar-refractivity contribution in [1.82, 2.24) is 10.9 Å². The average Bonchev–Trinajstić information content (AvgIpc) is 3.11. The van der Waals surface area contributed by atoms with Crippen LogP contribution >= 0.6 is 0 Å². The minimum absolute atomic E-state index is 0.599. The summed E-state index contributed by atoms with van der Waals surface area (Å²) in [5.41, 5.74) is 14.7. The Kier molecular flexibility index (Phi) is 2.76. The molecule has 0 atom stereocenters. The predicted octanol–water partition coefficient (Wildman–Crippen LogP) is 0.815. The fourth-order valence-corrected chi connectivity index (χ4v) is 1.70. The number of nitrogens with two attached hydrogens (primary N) is 1. The van der Waals surface area contributed by atoms with Crippen molar-refractivity contribution >= 4 is 5.71 Å². The third kappa shape index (κ3) is 2.03. The maximum absolute atomic E-state index is 5.66. The second kappa shape index (κ2) is 4.21. The van der Waals surface area contributed by atoms with Crippen LogP contribution in [0.3, 0.4) is 0 Å². The molecule has 4 N–H and O–H groups in total. The van der Waals surface area contributed by atoms with Crippen LogP contribution < -0.4 is 16.6 Å². The monoisotopic (exact) mass is 204 g/mol. The van der Waals surface area contributed by atoms with Crippen LogP contribution in [-0.2, 0) is 0 Å². The number of hydrogen-bond donors (Lipinski definition) is 3. The summed E-state index contributed by atoms with van der Waals surface area (Å²) in [6.45, 7) is 0. The molecule has 80 valence electrons. The first-order valence-electron chi connectivity index (χ1n) is 5.14. The molecule has 0 bridgehead atoms. The lowest BCUT2D eigenvalue weighted by atomic mass is 10.0. The van der Waals surface area contributed by atoms with Crippen molar-refractivity contribution in [3.05, 3.63) is 35.8 Å². The molecular weight excluding hydrogens is 188 g/mol. The maximum atomic E-state index is 5.66. The van der Waals surface area contributed by atoms with Crippen molar-refractivity contribution in [2.75, 3.05) is 7.05 Å². The molecule has 0 aromatic rings. The van der Waals surface area contributed by atoms with Gasteiger partial charge in [-0.1, -0.05) is 0 Å². The Morgan fingerprint density at radius 2 is 2.40 bits per heavy atom. The largest absolute Gasteiger partial charge is 0.404 e. The molecular formula is C11H16N4. The Morgan fingerprint density at radius 1 is 1.60 bits per heavy atom. The first-order valence-corrected chi connectivity index (χ1v) is 5.14. The lowest BCUT2D eigenvalue weighted by Gasteiger charge is -2.17. The summed E-state index contributed by atoms with van der Waals surface area (Å²) in [5, 5.41) is 0. The first-order chi connectivity index (χ1) is 7.36. The van der Waals surface area contributed by atoms with Gasteiger partial charge >= 0.3 is 0 Å². The molecule has 4 heteroatoms. The van der Waals surface area contributed by atoms with Crippen molar-refractivity contribution in [2.45, 2.75) is 12.8 Å². The lowest BCUT2D eigenvalue weighted by molar-refractivity contribution is 0.743. The van der Waals surface area contributed by atoms with Crippen LogP contribution in [0.4, 0.5) is 0 Å². The molecule has 0 amide bonds. The number of aliphatic imine (C=N–C) groups is 1. The number of nitrogens with zero attached hydrogens (tertiary/aromatic N) is 1. The Morgan fingerprint density at radius 3 is 2.87 bits per heavy atom. The molecule has 0 saturated heterocycles. The highest BCUT2D eigenvalue weighted by Crippen LogP contribution is 2.37. The molecule has 0 spiro atoms. The van der Waals surface area contributed by atoms with E-state index in [2.05, 4.69) is 15.8 Å². The topological polar surface area (TPSA) is 62.4 Å². The Hall–Kier alpha value is -1.71. The van der Waals surface area contributed by atoms with E-state index in [1.165, 1.54) is 12.8 Å². The standard InChI is InChI=1S/C11H16N4/c1-13-11(9(7-12)8-4-5-8)10-3-2-6-14-15-10/h2-3,6-8,14-15H,4-5,12H2,1H3. The summed E-state index contributed by atoms with van der Waals surface area (Å²) in [5.74, 6) is 0.599. The van der Waals surface area contributed by atoms with E-state index < -0.39 is 0 Å². The van der Waals surface area contributed by atoms with E-state index in [1.54, 1.807) is 13.2 Å². The van der Waals surface area contributed by atoms with Crippen molar-refractivity contribution in [3.63, 3.8) is 0 Å². The second-order valence-corrected chi connectivity index (χ2v) is 3.68. The quantitative estimate of drug-likeness (QED) is 0.596. The van der Waals surface area contributed by atoms with Gasteiger partial charge in [0.15, 0.2) is 0 Å². The summed E-state index contributed by atoms with van der Waals surface area (Å²) in [6, 6.07) is 0. The molecule has 1 saturated carbocycles. The molecule has 1 heterocycles. The zero-order valence-corrected chi connectivity index (χ0v) is 8.83. The van der Waals surface area contributed by atoms with Gasteiger partial charge in [-0.05, 0) is 42.7 Å². The van der Waals surface area contributed by atoms with E-state index in [-0.39, 0.29) is 0 Å². The molecule has 1 aliphatic heterocycles. The predicted molar refractivity (Wildman–Crippen MR) is 61.8 cm³/mol. The van der Waals surface area contributed by atoms with Gasteiger partial charge in [0.2, 0.25) is 0 Å². The highest BCUT2D eigenvalue weighted by Gasteiger charge is 2.30. The van der Waals surface area contributed by atoms with Gasteiger partial charge in [0, 0.05) is 13.2 Å². The van der Waals surface area contributed by atoms with Crippen molar-refractivity contribution in [1.29, 1.82) is 0 Å². The third-order valence-electron chi connectivity index (χ3n) is 2.60. The normalized spacial score (nSPS) is 21.8.